The van der Waals surface area contributed by atoms with Crippen LogP contribution in [0, 0.1) is 0 Å². The molecular formula is C42H30O. The van der Waals surface area contributed by atoms with E-state index in [1.807, 2.05) is 6.08 Å². The maximum Gasteiger partial charge on any atom is 0.143 e. The number of fused-ring (bicyclic) bond motifs is 5. The zero-order valence-electron chi connectivity index (χ0n) is 40.4. The van der Waals surface area contributed by atoms with E-state index >= 15 is 0 Å². The lowest BCUT2D eigenvalue weighted by Crippen LogP contribution is -2.00. The van der Waals surface area contributed by atoms with E-state index < -0.39 is 114 Å². The van der Waals surface area contributed by atoms with Gasteiger partial charge in [-0.15, -0.1) is 0 Å². The van der Waals surface area contributed by atoms with Crippen molar-refractivity contribution >= 4 is 38.3 Å². The molecule has 8 rings (SSSR count). The van der Waals surface area contributed by atoms with Crippen LogP contribution in [0.4, 0.5) is 0 Å². The highest BCUT2D eigenvalue weighted by atomic mass is 16.3. The average molecular weight is 569 g/mol. The molecular weight excluding hydrogens is 520 g/mol. The van der Waals surface area contributed by atoms with E-state index in [-0.39, 0.29) is 68.3 Å². The molecule has 1 heterocycles. The summed E-state index contributed by atoms with van der Waals surface area (Å²) in [5.41, 5.74) is 0.0418. The number of allylic oxidation sites excluding steroid dienone is 5. The van der Waals surface area contributed by atoms with Crippen LogP contribution in [-0.2, 0) is 6.42 Å². The zero-order chi connectivity index (χ0) is 44.3. The molecule has 0 N–H and O–H groups in total. The largest absolute Gasteiger partial charge is 0.455 e. The van der Waals surface area contributed by atoms with Gasteiger partial charge in [0.15, 0.2) is 0 Å². The monoisotopic (exact) mass is 568 g/mol. The van der Waals surface area contributed by atoms with E-state index in [0.717, 1.165) is 0 Å². The Kier molecular flexibility index (Phi) is 3.22. The molecule has 1 nitrogen and oxygen atoms in total. The SMILES string of the molecule is [2H]c1c([2H])c([2H])c(-c2c([2H])c([2H])c([2H])c(Cc3ccccc3/C(=C3/C=CC=CC3)c3c([2H])c([2H])c4oc5c6c([2H])c([2H])c([2H])c([2H])c6c([2H])c([2H])c5c4c3[2H])c2[2H])c([2H])c1[2H]. The van der Waals surface area contributed by atoms with Gasteiger partial charge in [0, 0.05) is 16.2 Å². The molecule has 0 atom stereocenters. The summed E-state index contributed by atoms with van der Waals surface area (Å²) >= 11 is 0. The molecule has 0 aliphatic heterocycles. The lowest BCUT2D eigenvalue weighted by Gasteiger charge is -2.19. The fourth-order valence-electron chi connectivity index (χ4n) is 5.28. The summed E-state index contributed by atoms with van der Waals surface area (Å²) in [5, 5.41) is -0.748. The van der Waals surface area contributed by atoms with Crippen LogP contribution in [0.15, 0.2) is 167 Å². The maximum atomic E-state index is 9.73. The van der Waals surface area contributed by atoms with Crippen molar-refractivity contribution in [2.45, 2.75) is 12.8 Å². The molecule has 6 aromatic carbocycles. The van der Waals surface area contributed by atoms with Gasteiger partial charge >= 0.3 is 0 Å². The average Bonchev–Trinajstić information content (AvgIpc) is 3.66. The Hall–Kier alpha value is -5.40. The summed E-state index contributed by atoms with van der Waals surface area (Å²) in [6, 6.07) is -3.77. The highest BCUT2D eigenvalue weighted by Gasteiger charge is 2.18. The van der Waals surface area contributed by atoms with Gasteiger partial charge in [0.1, 0.15) is 11.2 Å². The first kappa shape index (κ1) is 12.9. The minimum Gasteiger partial charge on any atom is -0.455 e. The molecule has 204 valence electrons. The molecule has 0 amide bonds. The number of hydrogen-bond donors (Lipinski definition) is 0. The standard InChI is InChI=1S/C42H30O/c1-3-13-30(14-4-1)33-19-11-12-29(26-33)27-34-18-8-9-20-36(34)41(32-16-5-2-6-17-32)35-23-25-40-39(28-35)38-24-22-31-15-7-10-21-37(31)42(38)43-40/h1-16,18-26,28H,17,27H2/b41-32-/i1D,3D,4D,7D,10D,11D,12D,13D,14D,15D,19D,21D,22D,23D,24D,25D,26D,28D. The molecule has 7 aromatic rings. The molecule has 1 aliphatic rings. The fraction of sp³-hybridized carbons (Fsp3) is 0.0476. The molecule has 0 bridgehead atoms. The Morgan fingerprint density at radius 3 is 2.47 bits per heavy atom. The minimum atomic E-state index is -0.698. The van der Waals surface area contributed by atoms with Crippen LogP contribution < -0.4 is 0 Å². The second-order valence-corrected chi connectivity index (χ2v) is 9.84. The van der Waals surface area contributed by atoms with E-state index in [1.54, 1.807) is 42.5 Å². The molecule has 1 aromatic heterocycles. The van der Waals surface area contributed by atoms with Crippen LogP contribution >= 0.6 is 0 Å². The molecule has 0 spiro atoms. The molecule has 0 unspecified atom stereocenters. The summed E-state index contributed by atoms with van der Waals surface area (Å²) in [5.74, 6) is 0. The van der Waals surface area contributed by atoms with Gasteiger partial charge in [-0.1, -0.05) is 139 Å². The maximum absolute atomic E-state index is 9.73. The van der Waals surface area contributed by atoms with E-state index in [9.17, 15) is 5.48 Å². The summed E-state index contributed by atoms with van der Waals surface area (Å²) in [6.45, 7) is 0. The lowest BCUT2D eigenvalue weighted by atomic mass is 9.85. The third-order valence-corrected chi connectivity index (χ3v) is 7.22. The minimum absolute atomic E-state index is 0.0803. The second kappa shape index (κ2) is 10.8. The molecule has 0 saturated heterocycles. The summed E-state index contributed by atoms with van der Waals surface area (Å²) in [7, 11) is 0. The number of benzene rings is 6. The molecule has 0 fully saturated rings. The topological polar surface area (TPSA) is 13.1 Å². The number of hydrogen-bond acceptors (Lipinski definition) is 1. The van der Waals surface area contributed by atoms with Crippen molar-refractivity contribution in [2.75, 3.05) is 0 Å². The predicted octanol–water partition coefficient (Wildman–Crippen LogP) is 11.3. The number of rotatable bonds is 5. The Morgan fingerprint density at radius 2 is 1.56 bits per heavy atom. The number of furan rings is 1. The highest BCUT2D eigenvalue weighted by Crippen LogP contribution is 2.39. The quantitative estimate of drug-likeness (QED) is 0.201. The van der Waals surface area contributed by atoms with Gasteiger partial charge < -0.3 is 4.42 Å². The second-order valence-electron chi connectivity index (χ2n) is 9.84. The van der Waals surface area contributed by atoms with E-state index in [1.165, 1.54) is 0 Å². The van der Waals surface area contributed by atoms with Crippen LogP contribution in [-0.4, -0.2) is 0 Å². The van der Waals surface area contributed by atoms with Crippen molar-refractivity contribution in [3.8, 4) is 11.1 Å². The van der Waals surface area contributed by atoms with Crippen LogP contribution in [0.2, 0.25) is 0 Å². The van der Waals surface area contributed by atoms with E-state index in [4.69, 9.17) is 23.6 Å². The van der Waals surface area contributed by atoms with Crippen LogP contribution in [0.25, 0.3) is 49.4 Å². The van der Waals surface area contributed by atoms with Gasteiger partial charge in [0.05, 0.1) is 24.7 Å². The summed E-state index contributed by atoms with van der Waals surface area (Å²) in [6.07, 6.45) is 7.15. The van der Waals surface area contributed by atoms with Crippen molar-refractivity contribution in [2.24, 2.45) is 0 Å². The molecule has 0 radical (unpaired) electrons. The molecule has 0 saturated carbocycles. The van der Waals surface area contributed by atoms with Crippen molar-refractivity contribution in [3.63, 3.8) is 0 Å². The Morgan fingerprint density at radius 1 is 0.698 bits per heavy atom. The third-order valence-electron chi connectivity index (χ3n) is 7.22. The predicted molar refractivity (Wildman–Crippen MR) is 181 cm³/mol. The van der Waals surface area contributed by atoms with Crippen molar-refractivity contribution in [3.05, 3.63) is 185 Å². The van der Waals surface area contributed by atoms with Crippen molar-refractivity contribution in [1.29, 1.82) is 0 Å². The van der Waals surface area contributed by atoms with Crippen molar-refractivity contribution in [1.82, 2.24) is 0 Å². The molecule has 1 heteroatoms. The lowest BCUT2D eigenvalue weighted by molar-refractivity contribution is 0.672. The normalized spacial score (nSPS) is 20.0. The fourth-order valence-corrected chi connectivity index (χ4v) is 5.28. The summed E-state index contributed by atoms with van der Waals surface area (Å²) < 4.78 is 163. The third kappa shape index (κ3) is 4.70. The Labute approximate surface area is 277 Å². The highest BCUT2D eigenvalue weighted by molar-refractivity contribution is 6.15. The van der Waals surface area contributed by atoms with Crippen LogP contribution in [0.1, 0.15) is 53.3 Å². The van der Waals surface area contributed by atoms with E-state index in [2.05, 4.69) is 0 Å². The van der Waals surface area contributed by atoms with Crippen LogP contribution in [0.3, 0.4) is 0 Å². The first-order valence-corrected chi connectivity index (χ1v) is 13.5. The first-order chi connectivity index (χ1) is 28.8. The summed E-state index contributed by atoms with van der Waals surface area (Å²) in [4.78, 5) is 0. The zero-order valence-corrected chi connectivity index (χ0v) is 22.4. The van der Waals surface area contributed by atoms with Gasteiger partial charge in [-0.05, 0) is 80.9 Å². The first-order valence-electron chi connectivity index (χ1n) is 22.5. The Balaban J connectivity index is 1.42. The smallest absolute Gasteiger partial charge is 0.143 e. The van der Waals surface area contributed by atoms with E-state index in [0.29, 0.717) is 16.7 Å². The molecule has 1 aliphatic carbocycles. The molecule has 43 heavy (non-hydrogen) atoms. The van der Waals surface area contributed by atoms with Crippen LogP contribution in [0.5, 0.6) is 0 Å². The van der Waals surface area contributed by atoms with Gasteiger partial charge in [-0.3, -0.25) is 0 Å². The Bertz CT molecular complexity index is 3200. The van der Waals surface area contributed by atoms with Gasteiger partial charge in [0.25, 0.3) is 0 Å². The van der Waals surface area contributed by atoms with Crippen molar-refractivity contribution < 1.29 is 29.1 Å². The van der Waals surface area contributed by atoms with Gasteiger partial charge in [0.2, 0.25) is 0 Å². The van der Waals surface area contributed by atoms with Gasteiger partial charge in [-0.25, -0.2) is 0 Å². The van der Waals surface area contributed by atoms with Gasteiger partial charge in [-0.2, -0.15) is 0 Å².